The zero-order chi connectivity index (χ0) is 32.6. The van der Waals surface area contributed by atoms with E-state index in [1.807, 2.05) is 88.6 Å². The van der Waals surface area contributed by atoms with Crippen molar-refractivity contribution in [3.8, 4) is 34.0 Å². The number of anilines is 1. The van der Waals surface area contributed by atoms with Crippen molar-refractivity contribution in [2.75, 3.05) is 12.1 Å². The van der Waals surface area contributed by atoms with E-state index < -0.39 is 0 Å². The molecule has 0 amide bonds. The average molecular weight is 647 g/mol. The van der Waals surface area contributed by atoms with Gasteiger partial charge in [0.25, 0.3) is 0 Å². The second-order valence-corrected chi connectivity index (χ2v) is 12.3. The van der Waals surface area contributed by atoms with Gasteiger partial charge in [0.15, 0.2) is 0 Å². The molecule has 234 valence electrons. The first-order chi connectivity index (χ1) is 23.5. The predicted octanol–water partition coefficient (Wildman–Crippen LogP) is 9.48. The van der Waals surface area contributed by atoms with Gasteiger partial charge in [0.05, 0.1) is 41.5 Å². The zero-order valence-electron chi connectivity index (χ0n) is 26.5. The van der Waals surface area contributed by atoms with E-state index in [1.54, 1.807) is 7.11 Å². The zero-order valence-corrected chi connectivity index (χ0v) is 27.2. The first-order valence-corrected chi connectivity index (χ1v) is 16.2. The third-order valence-corrected chi connectivity index (χ3v) is 8.91. The number of ether oxygens (including phenoxy) is 1. The Kier molecular flexibility index (Phi) is 7.67. The summed E-state index contributed by atoms with van der Waals surface area (Å²) in [5.41, 5.74) is 9.58. The first kappa shape index (κ1) is 29.6. The van der Waals surface area contributed by atoms with Gasteiger partial charge in [-0.1, -0.05) is 90.0 Å². The monoisotopic (exact) mass is 646 g/mol. The summed E-state index contributed by atoms with van der Waals surface area (Å²) in [6.07, 6.45) is 2.74. The van der Waals surface area contributed by atoms with E-state index >= 15 is 0 Å². The molecular weight excluding hydrogens is 616 g/mol. The molecule has 1 aliphatic heterocycles. The number of fused-ring (bicyclic) bond motifs is 1. The average Bonchev–Trinajstić information content (AvgIpc) is 3.78. The molecule has 0 N–H and O–H groups in total. The Morgan fingerprint density at radius 2 is 1.42 bits per heavy atom. The van der Waals surface area contributed by atoms with Crippen LogP contribution in [0, 0.1) is 6.92 Å². The second kappa shape index (κ2) is 12.4. The molecule has 0 bridgehead atoms. The van der Waals surface area contributed by atoms with E-state index in [-0.39, 0.29) is 6.04 Å². The lowest BCUT2D eigenvalue weighted by Gasteiger charge is -2.23. The van der Waals surface area contributed by atoms with Crippen LogP contribution in [0.3, 0.4) is 0 Å². The van der Waals surface area contributed by atoms with Crippen LogP contribution in [-0.2, 0) is 0 Å². The molecule has 0 unspecified atom stereocenters. The van der Waals surface area contributed by atoms with E-state index in [9.17, 15) is 0 Å². The Bertz CT molecular complexity index is 2270. The molecule has 0 fully saturated rings. The molecule has 1 atom stereocenters. The fourth-order valence-electron chi connectivity index (χ4n) is 6.18. The lowest BCUT2D eigenvalue weighted by molar-refractivity contribution is 0.415. The third-order valence-electron chi connectivity index (χ3n) is 8.68. The Hall–Kier alpha value is -5.79. The van der Waals surface area contributed by atoms with Crippen LogP contribution in [0.15, 0.2) is 139 Å². The summed E-state index contributed by atoms with van der Waals surface area (Å²) in [7, 11) is 1.67. The Morgan fingerprint density at radius 3 is 2.15 bits per heavy atom. The smallest absolute Gasteiger partial charge is 0.247 e. The highest BCUT2D eigenvalue weighted by Crippen LogP contribution is 2.41. The molecule has 1 aliphatic rings. The molecule has 7 nitrogen and oxygen atoms in total. The maximum absolute atomic E-state index is 6.49. The number of methoxy groups -OCH3 is 1. The van der Waals surface area contributed by atoms with Gasteiger partial charge in [0.1, 0.15) is 5.75 Å². The lowest BCUT2D eigenvalue weighted by Crippen LogP contribution is -2.21. The van der Waals surface area contributed by atoms with Crippen molar-refractivity contribution < 1.29 is 4.74 Å². The van der Waals surface area contributed by atoms with Gasteiger partial charge < -0.3 is 4.74 Å². The Balaban J connectivity index is 1.34. The molecule has 48 heavy (non-hydrogen) atoms. The van der Waals surface area contributed by atoms with Gasteiger partial charge in [-0.25, -0.2) is 19.7 Å². The molecule has 0 spiro atoms. The van der Waals surface area contributed by atoms with Crippen LogP contribution in [0.2, 0.25) is 5.02 Å². The molecule has 7 aromatic rings. The molecule has 0 saturated carbocycles. The lowest BCUT2D eigenvalue weighted by atomic mass is 9.96. The van der Waals surface area contributed by atoms with Crippen LogP contribution in [0.5, 0.6) is 5.75 Å². The van der Waals surface area contributed by atoms with Gasteiger partial charge in [-0.3, -0.25) is 0 Å². The summed E-state index contributed by atoms with van der Waals surface area (Å²) in [4.78, 5) is 10.3. The minimum absolute atomic E-state index is 0.246. The van der Waals surface area contributed by atoms with Crippen molar-refractivity contribution >= 4 is 34.2 Å². The van der Waals surface area contributed by atoms with Crippen molar-refractivity contribution in [1.82, 2.24) is 19.7 Å². The molecule has 8 heteroatoms. The first-order valence-electron chi connectivity index (χ1n) is 15.8. The number of hydrogen-bond donors (Lipinski definition) is 0. The number of benzene rings is 5. The molecular formula is C40H31ClN6O. The van der Waals surface area contributed by atoms with E-state index in [0.717, 1.165) is 61.7 Å². The van der Waals surface area contributed by atoms with Crippen LogP contribution in [0.4, 0.5) is 5.95 Å². The summed E-state index contributed by atoms with van der Waals surface area (Å²) in [6, 6.07) is 42.3. The minimum atomic E-state index is -0.246. The van der Waals surface area contributed by atoms with Crippen molar-refractivity contribution in [1.29, 1.82) is 0 Å². The topological polar surface area (TPSA) is 68.4 Å². The highest BCUT2D eigenvalue weighted by atomic mass is 35.5. The molecule has 2 aromatic heterocycles. The number of rotatable bonds is 7. The molecule has 3 heterocycles. The van der Waals surface area contributed by atoms with Gasteiger partial charge >= 0.3 is 0 Å². The maximum atomic E-state index is 6.49. The Morgan fingerprint density at radius 1 is 0.729 bits per heavy atom. The maximum Gasteiger partial charge on any atom is 0.247 e. The van der Waals surface area contributed by atoms with Gasteiger partial charge in [-0.15, -0.1) is 0 Å². The highest BCUT2D eigenvalue weighted by molar-refractivity contribution is 6.31. The highest BCUT2D eigenvalue weighted by Gasteiger charge is 2.35. The summed E-state index contributed by atoms with van der Waals surface area (Å²) >= 11 is 6.49. The van der Waals surface area contributed by atoms with Crippen molar-refractivity contribution in [3.63, 3.8) is 0 Å². The van der Waals surface area contributed by atoms with E-state index in [1.165, 1.54) is 5.56 Å². The molecule has 0 aliphatic carbocycles. The fourth-order valence-corrected chi connectivity index (χ4v) is 6.35. The van der Waals surface area contributed by atoms with Crippen LogP contribution in [0.1, 0.15) is 29.2 Å². The number of aromatic nitrogens is 4. The standard InChI is InChI=1S/C40H31ClN6O/c1-26-13-15-29(16-14-26)39-34(25-46(45-39)31-11-7-4-8-12-31)37-24-36(27-17-20-32(48-2)21-18-27)44-47(37)40-42-35-22-19-30(41)23-33(35)38(43-40)28-9-5-3-6-10-28/h3-23,25,37H,24H2,1-2H3/t37-/m1/s1. The quantitative estimate of drug-likeness (QED) is 0.173. The molecule has 8 rings (SSSR count). The number of para-hydroxylation sites is 1. The summed E-state index contributed by atoms with van der Waals surface area (Å²) in [6.45, 7) is 2.09. The number of hydrogen-bond acceptors (Lipinski definition) is 6. The second-order valence-electron chi connectivity index (χ2n) is 11.8. The van der Waals surface area contributed by atoms with Gasteiger partial charge in [-0.05, 0) is 67.1 Å². The van der Waals surface area contributed by atoms with E-state index in [0.29, 0.717) is 17.4 Å². The Labute approximate surface area is 283 Å². The predicted molar refractivity (Wildman–Crippen MR) is 193 cm³/mol. The molecule has 0 radical (unpaired) electrons. The number of hydrazone groups is 1. The van der Waals surface area contributed by atoms with Crippen LogP contribution >= 0.6 is 11.6 Å². The molecule has 0 saturated heterocycles. The summed E-state index contributed by atoms with van der Waals surface area (Å²) < 4.78 is 7.40. The molecule has 5 aromatic carbocycles. The van der Waals surface area contributed by atoms with Crippen molar-refractivity contribution in [3.05, 3.63) is 155 Å². The van der Waals surface area contributed by atoms with Crippen molar-refractivity contribution in [2.24, 2.45) is 5.10 Å². The normalized spacial score (nSPS) is 14.4. The van der Waals surface area contributed by atoms with E-state index in [2.05, 4.69) is 61.7 Å². The number of nitrogens with zero attached hydrogens (tertiary/aromatic N) is 6. The third kappa shape index (κ3) is 5.58. The van der Waals surface area contributed by atoms with Gasteiger partial charge in [-0.2, -0.15) is 10.2 Å². The van der Waals surface area contributed by atoms with Crippen molar-refractivity contribution in [2.45, 2.75) is 19.4 Å². The number of halogens is 1. The summed E-state index contributed by atoms with van der Waals surface area (Å²) in [5.74, 6) is 1.29. The SMILES string of the molecule is COc1ccc(C2=NN(c3nc(-c4ccccc4)c4cc(Cl)ccc4n3)[C@@H](c3cn(-c4ccccc4)nc3-c3ccc(C)cc3)C2)cc1. The number of aryl methyl sites for hydroxylation is 1. The van der Waals surface area contributed by atoms with Crippen LogP contribution in [-0.4, -0.2) is 32.6 Å². The summed E-state index contributed by atoms with van der Waals surface area (Å²) in [5, 5.41) is 13.9. The fraction of sp³-hybridized carbons (Fsp3) is 0.100. The van der Waals surface area contributed by atoms with E-state index in [4.69, 9.17) is 36.5 Å². The van der Waals surface area contributed by atoms with Crippen LogP contribution in [0.25, 0.3) is 39.1 Å². The van der Waals surface area contributed by atoms with Crippen LogP contribution < -0.4 is 9.75 Å². The largest absolute Gasteiger partial charge is 0.497 e. The van der Waals surface area contributed by atoms with Gasteiger partial charge in [0, 0.05) is 39.7 Å². The minimum Gasteiger partial charge on any atom is -0.497 e. The van der Waals surface area contributed by atoms with Gasteiger partial charge in [0.2, 0.25) is 5.95 Å².